The van der Waals surface area contributed by atoms with Gasteiger partial charge >= 0.3 is 6.18 Å². The molecule has 0 amide bonds. The van der Waals surface area contributed by atoms with Gasteiger partial charge in [0, 0.05) is 30.2 Å². The first-order chi connectivity index (χ1) is 13.4. The number of aliphatic hydroxyl groups excluding tert-OH is 1. The van der Waals surface area contributed by atoms with Gasteiger partial charge in [0.15, 0.2) is 11.5 Å². The Morgan fingerprint density at radius 3 is 2.79 bits per heavy atom. The summed E-state index contributed by atoms with van der Waals surface area (Å²) in [5, 5.41) is 12.6. The van der Waals surface area contributed by atoms with Crippen LogP contribution in [0, 0.1) is 0 Å². The lowest BCUT2D eigenvalue weighted by Gasteiger charge is -2.26. The second-order valence-electron chi connectivity index (χ2n) is 6.31. The Bertz CT molecular complexity index is 1010. The van der Waals surface area contributed by atoms with E-state index in [9.17, 15) is 13.2 Å². The number of hydrogen-bond acceptors (Lipinski definition) is 6. The van der Waals surface area contributed by atoms with Crippen molar-refractivity contribution in [3.63, 3.8) is 0 Å². The Kier molecular flexibility index (Phi) is 4.68. The van der Waals surface area contributed by atoms with E-state index in [0.717, 1.165) is 12.1 Å². The summed E-state index contributed by atoms with van der Waals surface area (Å²) < 4.78 is 50.3. The van der Waals surface area contributed by atoms with E-state index in [1.165, 1.54) is 18.5 Å². The summed E-state index contributed by atoms with van der Waals surface area (Å²) in [5.41, 5.74) is 0.0622. The second kappa shape index (κ2) is 7.16. The molecule has 4 rings (SSSR count). The van der Waals surface area contributed by atoms with Gasteiger partial charge in [-0.1, -0.05) is 6.07 Å². The minimum absolute atomic E-state index is 0.0254. The maximum absolute atomic E-state index is 12.9. The zero-order valence-electron chi connectivity index (χ0n) is 14.5. The standard InChI is InChI=1S/C19H16F3N3O3/c20-19(21,22)11-2-1-3-12(6-11)25-18-14-7-17-16(8-15(14)23-10-24-18)27-9-13(28-17)4-5-26/h1-3,6-8,10,13,26H,4-5,9H2,(H,23,24,25). The van der Waals surface area contributed by atoms with Gasteiger partial charge in [-0.05, 0) is 24.3 Å². The lowest BCUT2D eigenvalue weighted by Crippen LogP contribution is -2.29. The van der Waals surface area contributed by atoms with E-state index in [0.29, 0.717) is 41.2 Å². The fourth-order valence-electron chi connectivity index (χ4n) is 2.96. The molecule has 3 aromatic rings. The third kappa shape index (κ3) is 3.65. The third-order valence-electron chi connectivity index (χ3n) is 4.32. The van der Waals surface area contributed by atoms with Crippen molar-refractivity contribution in [2.45, 2.75) is 18.7 Å². The van der Waals surface area contributed by atoms with Crippen molar-refractivity contribution < 1.29 is 27.8 Å². The van der Waals surface area contributed by atoms with E-state index >= 15 is 0 Å². The van der Waals surface area contributed by atoms with Crippen LogP contribution < -0.4 is 14.8 Å². The van der Waals surface area contributed by atoms with Crippen LogP contribution in [0.15, 0.2) is 42.7 Å². The monoisotopic (exact) mass is 391 g/mol. The van der Waals surface area contributed by atoms with Crippen LogP contribution >= 0.6 is 0 Å². The number of aliphatic hydroxyl groups is 1. The molecule has 1 aliphatic heterocycles. The number of fused-ring (bicyclic) bond motifs is 2. The summed E-state index contributed by atoms with van der Waals surface area (Å²) in [6.45, 7) is 0.294. The minimum atomic E-state index is -4.43. The van der Waals surface area contributed by atoms with Crippen LogP contribution in [0.25, 0.3) is 10.9 Å². The predicted molar refractivity (Wildman–Crippen MR) is 95.9 cm³/mol. The Morgan fingerprint density at radius 1 is 1.14 bits per heavy atom. The molecule has 1 atom stereocenters. The first-order valence-corrected chi connectivity index (χ1v) is 8.57. The molecule has 1 aromatic heterocycles. The molecular weight excluding hydrogens is 375 g/mol. The van der Waals surface area contributed by atoms with E-state index in [-0.39, 0.29) is 18.4 Å². The normalized spacial score (nSPS) is 16.2. The van der Waals surface area contributed by atoms with E-state index in [4.69, 9.17) is 14.6 Å². The Balaban J connectivity index is 1.69. The van der Waals surface area contributed by atoms with Crippen molar-refractivity contribution in [3.8, 4) is 11.5 Å². The van der Waals surface area contributed by atoms with Crippen molar-refractivity contribution in [1.29, 1.82) is 0 Å². The first kappa shape index (κ1) is 18.3. The van der Waals surface area contributed by atoms with Crippen LogP contribution in [0.5, 0.6) is 11.5 Å². The maximum Gasteiger partial charge on any atom is 0.416 e. The molecule has 146 valence electrons. The van der Waals surface area contributed by atoms with E-state index in [1.54, 1.807) is 12.1 Å². The topological polar surface area (TPSA) is 76.5 Å². The van der Waals surface area contributed by atoms with Crippen LogP contribution in [-0.2, 0) is 6.18 Å². The fourth-order valence-corrected chi connectivity index (χ4v) is 2.96. The molecule has 1 unspecified atom stereocenters. The van der Waals surface area contributed by atoms with Gasteiger partial charge in [-0.2, -0.15) is 13.2 Å². The molecule has 2 aromatic carbocycles. The highest BCUT2D eigenvalue weighted by atomic mass is 19.4. The zero-order valence-corrected chi connectivity index (χ0v) is 14.5. The lowest BCUT2D eigenvalue weighted by molar-refractivity contribution is -0.137. The van der Waals surface area contributed by atoms with Crippen molar-refractivity contribution in [2.24, 2.45) is 0 Å². The van der Waals surface area contributed by atoms with E-state index in [2.05, 4.69) is 15.3 Å². The molecule has 2 N–H and O–H groups in total. The number of halogens is 3. The summed E-state index contributed by atoms with van der Waals surface area (Å²) in [6.07, 6.45) is -2.96. The number of rotatable bonds is 4. The van der Waals surface area contributed by atoms with Crippen molar-refractivity contribution in [1.82, 2.24) is 9.97 Å². The van der Waals surface area contributed by atoms with Gasteiger partial charge in [0.25, 0.3) is 0 Å². The van der Waals surface area contributed by atoms with Gasteiger partial charge in [0.1, 0.15) is 24.9 Å². The molecule has 0 bridgehead atoms. The van der Waals surface area contributed by atoms with Crippen LogP contribution in [0.4, 0.5) is 24.7 Å². The van der Waals surface area contributed by atoms with Crippen molar-refractivity contribution in [2.75, 3.05) is 18.5 Å². The highest BCUT2D eigenvalue weighted by molar-refractivity contribution is 5.93. The molecule has 0 saturated heterocycles. The quantitative estimate of drug-likeness (QED) is 0.702. The Labute approximate surface area is 157 Å². The number of nitrogens with one attached hydrogen (secondary N) is 1. The van der Waals surface area contributed by atoms with Crippen LogP contribution in [-0.4, -0.2) is 34.4 Å². The van der Waals surface area contributed by atoms with Crippen molar-refractivity contribution in [3.05, 3.63) is 48.3 Å². The second-order valence-corrected chi connectivity index (χ2v) is 6.31. The number of alkyl halides is 3. The Morgan fingerprint density at radius 2 is 2.00 bits per heavy atom. The summed E-state index contributed by atoms with van der Waals surface area (Å²) in [7, 11) is 0. The summed E-state index contributed by atoms with van der Waals surface area (Å²) in [6, 6.07) is 8.25. The summed E-state index contributed by atoms with van der Waals surface area (Å²) in [5.74, 6) is 1.34. The van der Waals surface area contributed by atoms with E-state index in [1.807, 2.05) is 0 Å². The number of nitrogens with zero attached hydrogens (tertiary/aromatic N) is 2. The molecule has 28 heavy (non-hydrogen) atoms. The molecule has 0 saturated carbocycles. The van der Waals surface area contributed by atoms with Gasteiger partial charge in [0.2, 0.25) is 0 Å². The molecular formula is C19H16F3N3O3. The molecule has 0 radical (unpaired) electrons. The number of anilines is 2. The van der Waals surface area contributed by atoms with Gasteiger partial charge in [-0.3, -0.25) is 0 Å². The van der Waals surface area contributed by atoms with Gasteiger partial charge in [-0.25, -0.2) is 9.97 Å². The van der Waals surface area contributed by atoms with Gasteiger partial charge in [0.05, 0.1) is 11.1 Å². The van der Waals surface area contributed by atoms with Crippen molar-refractivity contribution >= 4 is 22.4 Å². The summed E-state index contributed by atoms with van der Waals surface area (Å²) in [4.78, 5) is 8.36. The number of ether oxygens (including phenoxy) is 2. The van der Waals surface area contributed by atoms with Gasteiger partial charge < -0.3 is 19.9 Å². The zero-order chi connectivity index (χ0) is 19.7. The fraction of sp³-hybridized carbons (Fsp3) is 0.263. The molecule has 2 heterocycles. The number of aromatic nitrogens is 2. The third-order valence-corrected chi connectivity index (χ3v) is 4.32. The van der Waals surface area contributed by atoms with Gasteiger partial charge in [-0.15, -0.1) is 0 Å². The smallest absolute Gasteiger partial charge is 0.416 e. The first-order valence-electron chi connectivity index (χ1n) is 8.57. The minimum Gasteiger partial charge on any atom is -0.486 e. The highest BCUT2D eigenvalue weighted by Gasteiger charge is 2.30. The molecule has 9 heteroatoms. The number of benzene rings is 2. The SMILES string of the molecule is OCCC1COc2cc3ncnc(Nc4cccc(C(F)(F)F)c4)c3cc2O1. The van der Waals surface area contributed by atoms with Crippen LogP contribution in [0.2, 0.25) is 0 Å². The van der Waals surface area contributed by atoms with Crippen LogP contribution in [0.3, 0.4) is 0 Å². The molecule has 1 aliphatic rings. The molecule has 0 fully saturated rings. The lowest BCUT2D eigenvalue weighted by atomic mass is 10.1. The maximum atomic E-state index is 12.9. The predicted octanol–water partition coefficient (Wildman–Crippen LogP) is 3.91. The average Bonchev–Trinajstić information content (AvgIpc) is 2.67. The summed E-state index contributed by atoms with van der Waals surface area (Å²) >= 11 is 0. The molecule has 6 nitrogen and oxygen atoms in total. The average molecular weight is 391 g/mol. The van der Waals surface area contributed by atoms with E-state index < -0.39 is 11.7 Å². The highest BCUT2D eigenvalue weighted by Crippen LogP contribution is 2.38. The molecule has 0 aliphatic carbocycles. The Hall–Kier alpha value is -3.07. The molecule has 0 spiro atoms. The number of hydrogen-bond donors (Lipinski definition) is 2. The largest absolute Gasteiger partial charge is 0.486 e. The van der Waals surface area contributed by atoms with Crippen LogP contribution in [0.1, 0.15) is 12.0 Å².